The van der Waals surface area contributed by atoms with Crippen LogP contribution in [0.2, 0.25) is 0 Å². The second kappa shape index (κ2) is 6.34. The molecule has 0 aliphatic heterocycles. The summed E-state index contributed by atoms with van der Waals surface area (Å²) in [6.07, 6.45) is -4.55. The smallest absolute Gasteiger partial charge is 0.265 e. The molecule has 0 aliphatic rings. The van der Waals surface area contributed by atoms with Gasteiger partial charge in [0.2, 0.25) is 0 Å². The zero-order valence-corrected chi connectivity index (χ0v) is 9.60. The van der Waals surface area contributed by atoms with E-state index in [1.807, 2.05) is 0 Å². The highest BCUT2D eigenvalue weighted by atomic mass is 32.2. The van der Waals surface area contributed by atoms with Crippen molar-refractivity contribution in [3.05, 3.63) is 0 Å². The molecule has 0 saturated carbocycles. The van der Waals surface area contributed by atoms with Gasteiger partial charge in [-0.3, -0.25) is 0 Å². The van der Waals surface area contributed by atoms with Gasteiger partial charge < -0.3 is 10.4 Å². The molecule has 0 aromatic heterocycles. The van der Waals surface area contributed by atoms with Gasteiger partial charge in [-0.15, -0.1) is 0 Å². The number of hydrogen-bond acceptors (Lipinski definition) is 4. The van der Waals surface area contributed by atoms with Crippen LogP contribution >= 0.6 is 0 Å². The van der Waals surface area contributed by atoms with Crippen LogP contribution in [0.5, 0.6) is 0 Å². The third kappa shape index (κ3) is 6.01. The van der Waals surface area contributed by atoms with E-state index in [0.717, 1.165) is 0 Å². The van der Waals surface area contributed by atoms with Gasteiger partial charge in [0.1, 0.15) is 6.10 Å². The average Bonchev–Trinajstić information content (AvgIpc) is 2.11. The van der Waals surface area contributed by atoms with E-state index < -0.39 is 27.6 Å². The van der Waals surface area contributed by atoms with Crippen molar-refractivity contribution < 1.29 is 22.3 Å². The van der Waals surface area contributed by atoms with Crippen molar-refractivity contribution in [1.82, 2.24) is 5.32 Å². The average molecular weight is 245 g/mol. The molecule has 0 bridgehead atoms. The zero-order valence-electron chi connectivity index (χ0n) is 8.78. The van der Waals surface area contributed by atoms with Gasteiger partial charge in [-0.25, -0.2) is 17.2 Å². The number of sulfone groups is 1. The second-order valence-electron chi connectivity index (χ2n) is 3.52. The fourth-order valence-corrected chi connectivity index (χ4v) is 1.69. The molecule has 1 unspecified atom stereocenters. The van der Waals surface area contributed by atoms with Gasteiger partial charge in [-0.05, 0) is 13.8 Å². The first-order valence-electron chi connectivity index (χ1n) is 4.66. The van der Waals surface area contributed by atoms with Crippen LogP contribution in [0.25, 0.3) is 0 Å². The molecule has 0 heterocycles. The van der Waals surface area contributed by atoms with Crippen molar-refractivity contribution in [2.75, 3.05) is 18.8 Å². The molecule has 0 spiro atoms. The standard InChI is InChI=1S/C8H17F2NO3S/c1-6(2)15(13,14)4-3-11-5-7(12)8(9)10/h6-8,11-12H,3-5H2,1-2H3. The lowest BCUT2D eigenvalue weighted by Crippen LogP contribution is -2.35. The SMILES string of the molecule is CC(C)S(=O)(=O)CCNCC(O)C(F)F. The number of aliphatic hydroxyl groups is 1. The molecule has 15 heavy (non-hydrogen) atoms. The first-order chi connectivity index (χ1) is 6.77. The summed E-state index contributed by atoms with van der Waals surface area (Å²) in [7, 11) is -3.15. The number of nitrogens with one attached hydrogen (secondary N) is 1. The normalized spacial score (nSPS) is 14.9. The molecule has 4 nitrogen and oxygen atoms in total. The minimum atomic E-state index is -3.15. The Bertz CT molecular complexity index is 267. The summed E-state index contributed by atoms with van der Waals surface area (Å²) in [6, 6.07) is 0. The Morgan fingerprint density at radius 2 is 1.87 bits per heavy atom. The Morgan fingerprint density at radius 1 is 1.33 bits per heavy atom. The number of halogens is 2. The third-order valence-electron chi connectivity index (χ3n) is 1.93. The Kier molecular flexibility index (Phi) is 6.23. The van der Waals surface area contributed by atoms with Gasteiger partial charge in [-0.2, -0.15) is 0 Å². The molecule has 0 aliphatic carbocycles. The van der Waals surface area contributed by atoms with E-state index >= 15 is 0 Å². The van der Waals surface area contributed by atoms with Gasteiger partial charge in [-0.1, -0.05) is 0 Å². The predicted octanol–water partition coefficient (Wildman–Crippen LogP) is 0.0252. The molecule has 0 saturated heterocycles. The van der Waals surface area contributed by atoms with Crippen LogP contribution in [-0.4, -0.2) is 50.1 Å². The Labute approximate surface area is 88.6 Å². The molecule has 7 heteroatoms. The fourth-order valence-electron chi connectivity index (χ4n) is 0.789. The van der Waals surface area contributed by atoms with E-state index in [1.54, 1.807) is 13.8 Å². The highest BCUT2D eigenvalue weighted by Crippen LogP contribution is 2.00. The van der Waals surface area contributed by atoms with Crippen LogP contribution < -0.4 is 5.32 Å². The van der Waals surface area contributed by atoms with Gasteiger partial charge in [0.25, 0.3) is 6.43 Å². The molecule has 0 amide bonds. The van der Waals surface area contributed by atoms with E-state index in [2.05, 4.69) is 5.32 Å². The third-order valence-corrected chi connectivity index (χ3v) is 4.14. The molecule has 0 fully saturated rings. The van der Waals surface area contributed by atoms with Gasteiger partial charge in [0, 0.05) is 13.1 Å². The largest absolute Gasteiger partial charge is 0.386 e. The van der Waals surface area contributed by atoms with Crippen molar-refractivity contribution in [3.8, 4) is 0 Å². The van der Waals surface area contributed by atoms with Crippen molar-refractivity contribution in [2.24, 2.45) is 0 Å². The molecular formula is C8H17F2NO3S. The minimum Gasteiger partial charge on any atom is -0.386 e. The molecule has 1 atom stereocenters. The summed E-state index contributed by atoms with van der Waals surface area (Å²) in [5, 5.41) is 10.7. The minimum absolute atomic E-state index is 0.0737. The first-order valence-corrected chi connectivity index (χ1v) is 6.37. The molecule has 0 aromatic carbocycles. The number of hydrogen-bond donors (Lipinski definition) is 2. The number of aliphatic hydroxyl groups excluding tert-OH is 1. The van der Waals surface area contributed by atoms with E-state index in [1.165, 1.54) is 0 Å². The lowest BCUT2D eigenvalue weighted by atomic mass is 10.4. The van der Waals surface area contributed by atoms with E-state index in [-0.39, 0.29) is 18.8 Å². The topological polar surface area (TPSA) is 66.4 Å². The molecule has 0 radical (unpaired) electrons. The van der Waals surface area contributed by atoms with Gasteiger partial charge >= 0.3 is 0 Å². The van der Waals surface area contributed by atoms with Crippen LogP contribution in [0.15, 0.2) is 0 Å². The van der Waals surface area contributed by atoms with Crippen LogP contribution in [-0.2, 0) is 9.84 Å². The summed E-state index contributed by atoms with van der Waals surface area (Å²) in [6.45, 7) is 2.89. The van der Waals surface area contributed by atoms with E-state index in [9.17, 15) is 17.2 Å². The lowest BCUT2D eigenvalue weighted by molar-refractivity contribution is -0.00292. The maximum Gasteiger partial charge on any atom is 0.265 e. The van der Waals surface area contributed by atoms with E-state index in [4.69, 9.17) is 5.11 Å². The van der Waals surface area contributed by atoms with Crippen molar-refractivity contribution >= 4 is 9.84 Å². The first kappa shape index (κ1) is 14.7. The van der Waals surface area contributed by atoms with Crippen molar-refractivity contribution in [3.63, 3.8) is 0 Å². The maximum absolute atomic E-state index is 11.8. The van der Waals surface area contributed by atoms with E-state index in [0.29, 0.717) is 0 Å². The number of rotatable bonds is 7. The molecule has 2 N–H and O–H groups in total. The summed E-state index contributed by atoms with van der Waals surface area (Å²) < 4.78 is 46.1. The highest BCUT2D eigenvalue weighted by Gasteiger charge is 2.18. The fraction of sp³-hybridized carbons (Fsp3) is 1.00. The van der Waals surface area contributed by atoms with Gasteiger partial charge in [0.15, 0.2) is 9.84 Å². The van der Waals surface area contributed by atoms with Crippen molar-refractivity contribution in [2.45, 2.75) is 31.6 Å². The summed E-state index contributed by atoms with van der Waals surface area (Å²) in [5.41, 5.74) is 0. The number of alkyl halides is 2. The Balaban J connectivity index is 3.73. The molecule has 0 rings (SSSR count). The lowest BCUT2D eigenvalue weighted by Gasteiger charge is -2.11. The molecular weight excluding hydrogens is 228 g/mol. The summed E-state index contributed by atoms with van der Waals surface area (Å²) in [5.74, 6) is -0.110. The summed E-state index contributed by atoms with van der Waals surface area (Å²) >= 11 is 0. The predicted molar refractivity (Wildman–Crippen MR) is 53.8 cm³/mol. The van der Waals surface area contributed by atoms with Gasteiger partial charge in [0.05, 0.1) is 11.0 Å². The van der Waals surface area contributed by atoms with Crippen LogP contribution in [0.3, 0.4) is 0 Å². The van der Waals surface area contributed by atoms with Crippen LogP contribution in [0.1, 0.15) is 13.8 Å². The Morgan fingerprint density at radius 3 is 2.27 bits per heavy atom. The second-order valence-corrected chi connectivity index (χ2v) is 6.20. The molecule has 0 aromatic rings. The highest BCUT2D eigenvalue weighted by molar-refractivity contribution is 7.92. The quantitative estimate of drug-likeness (QED) is 0.621. The monoisotopic (exact) mass is 245 g/mol. The van der Waals surface area contributed by atoms with Crippen molar-refractivity contribution in [1.29, 1.82) is 0 Å². The maximum atomic E-state index is 11.8. The van der Waals surface area contributed by atoms with Crippen LogP contribution in [0.4, 0.5) is 8.78 Å². The molecule has 92 valence electrons. The summed E-state index contributed by atoms with van der Waals surface area (Å²) in [4.78, 5) is 0. The Hall–Kier alpha value is -0.270. The van der Waals surface area contributed by atoms with Crippen LogP contribution in [0, 0.1) is 0 Å². The zero-order chi connectivity index (χ0) is 12.1.